The zero-order chi connectivity index (χ0) is 11.1. The highest BCUT2D eigenvalue weighted by molar-refractivity contribution is 7.90. The maximum absolute atomic E-state index is 10.9. The minimum absolute atomic E-state index is 0.0692. The molecular weight excluding hydrogens is 214 g/mol. The molecule has 0 heterocycles. The van der Waals surface area contributed by atoms with Gasteiger partial charge in [0.25, 0.3) is 10.1 Å². The summed E-state index contributed by atoms with van der Waals surface area (Å²) in [5, 5.41) is 0. The first-order valence-corrected chi connectivity index (χ1v) is 5.97. The molecule has 0 radical (unpaired) electrons. The summed E-state index contributed by atoms with van der Waals surface area (Å²) in [4.78, 5) is 0.0692. The number of benzene rings is 1. The van der Waals surface area contributed by atoms with Gasteiger partial charge in [0.2, 0.25) is 0 Å². The second kappa shape index (κ2) is 3.36. The van der Waals surface area contributed by atoms with Crippen LogP contribution in [0.3, 0.4) is 0 Å². The van der Waals surface area contributed by atoms with Gasteiger partial charge in [0.05, 0.1) is 4.91 Å². The molecule has 0 bridgehead atoms. The van der Waals surface area contributed by atoms with Gasteiger partial charge in [-0.2, -0.15) is 8.42 Å². The lowest BCUT2D eigenvalue weighted by Gasteiger charge is -2.14. The Bertz CT molecular complexity index is 532. The van der Waals surface area contributed by atoms with Crippen molar-refractivity contribution in [1.82, 2.24) is 0 Å². The number of rotatable bonds is 1. The number of aryl methyl sites for hydroxylation is 1. The van der Waals surface area contributed by atoms with Gasteiger partial charge >= 0.3 is 0 Å². The van der Waals surface area contributed by atoms with Gasteiger partial charge in [-0.25, -0.2) is 0 Å². The largest absolute Gasteiger partial charge is 0.399 e. The van der Waals surface area contributed by atoms with E-state index in [1.54, 1.807) is 12.1 Å². The van der Waals surface area contributed by atoms with Gasteiger partial charge in [0, 0.05) is 5.69 Å². The topological polar surface area (TPSA) is 80.4 Å². The fourth-order valence-corrected chi connectivity index (χ4v) is 2.33. The Labute approximate surface area is 88.2 Å². The first kappa shape index (κ1) is 10.2. The Balaban J connectivity index is 2.51. The molecule has 2 rings (SSSR count). The smallest absolute Gasteiger partial charge is 0.290 e. The predicted molar refractivity (Wildman–Crippen MR) is 58.7 cm³/mol. The van der Waals surface area contributed by atoms with E-state index in [9.17, 15) is 8.42 Å². The van der Waals surface area contributed by atoms with E-state index in [1.165, 1.54) is 6.08 Å². The van der Waals surface area contributed by atoms with Crippen molar-refractivity contribution in [3.8, 4) is 0 Å². The van der Waals surface area contributed by atoms with E-state index in [1.807, 2.05) is 6.07 Å². The second-order valence-electron chi connectivity index (χ2n) is 3.54. The van der Waals surface area contributed by atoms with E-state index in [2.05, 4.69) is 0 Å². The summed E-state index contributed by atoms with van der Waals surface area (Å²) < 4.78 is 30.8. The fraction of sp³-hybridized carbons (Fsp3) is 0.200. The summed E-state index contributed by atoms with van der Waals surface area (Å²) in [6.45, 7) is 0. The predicted octanol–water partition coefficient (Wildman–Crippen LogP) is 1.44. The molecule has 15 heavy (non-hydrogen) atoms. The van der Waals surface area contributed by atoms with Crippen LogP contribution in [-0.4, -0.2) is 13.0 Å². The Hall–Kier alpha value is -1.33. The van der Waals surface area contributed by atoms with E-state index >= 15 is 0 Å². The van der Waals surface area contributed by atoms with Gasteiger partial charge in [-0.3, -0.25) is 4.55 Å². The molecule has 1 aromatic carbocycles. The first-order chi connectivity index (χ1) is 6.97. The molecule has 0 aromatic heterocycles. The van der Waals surface area contributed by atoms with Crippen LogP contribution in [0.1, 0.15) is 17.5 Å². The third-order valence-corrected chi connectivity index (χ3v) is 3.44. The average Bonchev–Trinajstić information content (AvgIpc) is 2.15. The number of hydrogen-bond donors (Lipinski definition) is 2. The molecule has 0 amide bonds. The molecule has 5 heteroatoms. The molecule has 0 atom stereocenters. The Morgan fingerprint density at radius 3 is 2.67 bits per heavy atom. The quantitative estimate of drug-likeness (QED) is 0.560. The third kappa shape index (κ3) is 2.03. The molecular formula is C10H11NO3S. The molecule has 0 saturated carbocycles. The molecule has 0 aliphatic heterocycles. The highest BCUT2D eigenvalue weighted by Gasteiger charge is 2.19. The molecule has 0 spiro atoms. The molecule has 0 fully saturated rings. The van der Waals surface area contributed by atoms with Crippen LogP contribution in [-0.2, 0) is 16.5 Å². The molecule has 1 aromatic rings. The number of hydrogen-bond acceptors (Lipinski definition) is 3. The SMILES string of the molecule is Nc1ccc2c(c1)CCC(S(=O)(=O)O)=C2. The monoisotopic (exact) mass is 225 g/mol. The van der Waals surface area contributed by atoms with Gasteiger partial charge in [0.15, 0.2) is 0 Å². The Morgan fingerprint density at radius 1 is 1.27 bits per heavy atom. The zero-order valence-electron chi connectivity index (χ0n) is 7.97. The van der Waals surface area contributed by atoms with Gasteiger partial charge in [-0.15, -0.1) is 0 Å². The van der Waals surface area contributed by atoms with Crippen LogP contribution in [0, 0.1) is 0 Å². The highest BCUT2D eigenvalue weighted by Crippen LogP contribution is 2.27. The number of fused-ring (bicyclic) bond motifs is 1. The fourth-order valence-electron chi connectivity index (χ4n) is 1.69. The van der Waals surface area contributed by atoms with E-state index in [4.69, 9.17) is 10.3 Å². The third-order valence-electron chi connectivity index (χ3n) is 2.46. The lowest BCUT2D eigenvalue weighted by atomic mass is 9.97. The van der Waals surface area contributed by atoms with Crippen LogP contribution in [0.4, 0.5) is 5.69 Å². The maximum atomic E-state index is 10.9. The standard InChI is InChI=1S/C10H11NO3S/c11-9-3-1-8-6-10(15(12,13)14)4-2-7(8)5-9/h1,3,5-6H,2,4,11H2,(H,12,13,14). The summed E-state index contributed by atoms with van der Waals surface area (Å²) >= 11 is 0. The van der Waals surface area contributed by atoms with Gasteiger partial charge in [-0.1, -0.05) is 6.07 Å². The van der Waals surface area contributed by atoms with E-state index in [-0.39, 0.29) is 4.91 Å². The number of nitrogen functional groups attached to an aromatic ring is 1. The number of anilines is 1. The first-order valence-electron chi connectivity index (χ1n) is 4.53. The van der Waals surface area contributed by atoms with Crippen molar-refractivity contribution in [3.05, 3.63) is 34.2 Å². The molecule has 0 saturated heterocycles. The molecule has 4 nitrogen and oxygen atoms in total. The summed E-state index contributed by atoms with van der Waals surface area (Å²) in [5.74, 6) is 0. The van der Waals surface area contributed by atoms with Crippen molar-refractivity contribution in [2.75, 3.05) is 5.73 Å². The number of nitrogens with two attached hydrogens (primary N) is 1. The van der Waals surface area contributed by atoms with Gasteiger partial charge in [0.1, 0.15) is 0 Å². The molecule has 80 valence electrons. The Kier molecular flexibility index (Phi) is 2.28. The lowest BCUT2D eigenvalue weighted by molar-refractivity contribution is 0.489. The van der Waals surface area contributed by atoms with Crippen molar-refractivity contribution in [2.45, 2.75) is 12.8 Å². The maximum Gasteiger partial charge on any atom is 0.290 e. The second-order valence-corrected chi connectivity index (χ2v) is 5.02. The van der Waals surface area contributed by atoms with Crippen molar-refractivity contribution < 1.29 is 13.0 Å². The summed E-state index contributed by atoms with van der Waals surface area (Å²) in [6.07, 6.45) is 2.41. The molecule has 1 aliphatic rings. The van der Waals surface area contributed by atoms with Crippen LogP contribution in [0.15, 0.2) is 23.1 Å². The molecule has 1 aliphatic carbocycles. The van der Waals surface area contributed by atoms with E-state index < -0.39 is 10.1 Å². The summed E-state index contributed by atoms with van der Waals surface area (Å²) in [6, 6.07) is 5.30. The van der Waals surface area contributed by atoms with Crippen LogP contribution < -0.4 is 5.73 Å². The minimum Gasteiger partial charge on any atom is -0.399 e. The van der Waals surface area contributed by atoms with Crippen LogP contribution in [0.5, 0.6) is 0 Å². The van der Waals surface area contributed by atoms with Crippen molar-refractivity contribution in [1.29, 1.82) is 0 Å². The van der Waals surface area contributed by atoms with Gasteiger partial charge < -0.3 is 5.73 Å². The van der Waals surface area contributed by atoms with Crippen molar-refractivity contribution in [2.24, 2.45) is 0 Å². The van der Waals surface area contributed by atoms with Gasteiger partial charge in [-0.05, 0) is 42.2 Å². The van der Waals surface area contributed by atoms with E-state index in [0.29, 0.717) is 18.5 Å². The average molecular weight is 225 g/mol. The van der Waals surface area contributed by atoms with Crippen molar-refractivity contribution >= 4 is 21.9 Å². The normalized spacial score (nSPS) is 15.7. The summed E-state index contributed by atoms with van der Waals surface area (Å²) in [7, 11) is -4.05. The van der Waals surface area contributed by atoms with Crippen LogP contribution in [0.25, 0.3) is 6.08 Å². The Morgan fingerprint density at radius 2 is 2.00 bits per heavy atom. The van der Waals surface area contributed by atoms with Crippen molar-refractivity contribution in [3.63, 3.8) is 0 Å². The minimum atomic E-state index is -4.05. The lowest BCUT2D eigenvalue weighted by Crippen LogP contribution is -2.08. The van der Waals surface area contributed by atoms with E-state index in [0.717, 1.165) is 11.1 Å². The molecule has 3 N–H and O–H groups in total. The van der Waals surface area contributed by atoms with Crippen LogP contribution in [0.2, 0.25) is 0 Å². The van der Waals surface area contributed by atoms with Crippen LogP contribution >= 0.6 is 0 Å². The summed E-state index contributed by atoms with van der Waals surface area (Å²) in [5.41, 5.74) is 8.10. The number of allylic oxidation sites excluding steroid dienone is 1. The molecule has 0 unspecified atom stereocenters. The zero-order valence-corrected chi connectivity index (χ0v) is 8.79. The highest BCUT2D eigenvalue weighted by atomic mass is 32.2.